The summed E-state index contributed by atoms with van der Waals surface area (Å²) in [6.07, 6.45) is 4.47. The molecule has 2 N–H and O–H groups in total. The molecular formula is C15H18N2O. The fourth-order valence-corrected chi connectivity index (χ4v) is 2.07. The highest BCUT2D eigenvalue weighted by atomic mass is 16.3. The first-order chi connectivity index (χ1) is 8.79. The lowest BCUT2D eigenvalue weighted by Gasteiger charge is -2.18. The monoisotopic (exact) mass is 242 g/mol. The molecule has 1 aromatic carbocycles. The number of nitrogens with zero attached hydrogens (tertiary/aromatic N) is 1. The molecule has 1 unspecified atom stereocenters. The number of aromatic nitrogens is 1. The molecule has 1 heterocycles. The van der Waals surface area contributed by atoms with Crippen LogP contribution in [-0.2, 0) is 6.42 Å². The second-order valence-electron chi connectivity index (χ2n) is 4.26. The number of nitrogens with one attached hydrogen (secondary N) is 1. The van der Waals surface area contributed by atoms with E-state index in [-0.39, 0.29) is 6.04 Å². The summed E-state index contributed by atoms with van der Waals surface area (Å²) in [5.41, 5.74) is 2.34. The highest BCUT2D eigenvalue weighted by Crippen LogP contribution is 2.20. The molecule has 94 valence electrons. The summed E-state index contributed by atoms with van der Waals surface area (Å²) in [6, 6.07) is 11.7. The molecule has 0 aliphatic rings. The number of hydrogen-bond donors (Lipinski definition) is 2. The number of likely N-dealkylation sites (N-methyl/N-ethyl adjacent to an activating group) is 1. The first kappa shape index (κ1) is 12.6. The highest BCUT2D eigenvalue weighted by Gasteiger charge is 2.10. The van der Waals surface area contributed by atoms with Crippen molar-refractivity contribution in [1.82, 2.24) is 10.3 Å². The van der Waals surface area contributed by atoms with Crippen molar-refractivity contribution in [2.75, 3.05) is 6.54 Å². The summed E-state index contributed by atoms with van der Waals surface area (Å²) >= 11 is 0. The van der Waals surface area contributed by atoms with Gasteiger partial charge in [0, 0.05) is 18.4 Å². The van der Waals surface area contributed by atoms with Crippen LogP contribution < -0.4 is 5.32 Å². The fourth-order valence-electron chi connectivity index (χ4n) is 2.07. The smallest absolute Gasteiger partial charge is 0.115 e. The van der Waals surface area contributed by atoms with E-state index >= 15 is 0 Å². The summed E-state index contributed by atoms with van der Waals surface area (Å²) < 4.78 is 0. The maximum Gasteiger partial charge on any atom is 0.115 e. The lowest BCUT2D eigenvalue weighted by Crippen LogP contribution is -2.22. The maximum atomic E-state index is 9.50. The number of benzene rings is 1. The van der Waals surface area contributed by atoms with Gasteiger partial charge in [-0.3, -0.25) is 4.98 Å². The predicted octanol–water partition coefficient (Wildman–Crippen LogP) is 2.68. The van der Waals surface area contributed by atoms with Gasteiger partial charge in [-0.05, 0) is 48.4 Å². The second kappa shape index (κ2) is 6.17. The molecule has 0 aliphatic carbocycles. The van der Waals surface area contributed by atoms with Gasteiger partial charge >= 0.3 is 0 Å². The number of rotatable bonds is 5. The van der Waals surface area contributed by atoms with E-state index in [2.05, 4.69) is 17.2 Å². The van der Waals surface area contributed by atoms with E-state index in [1.807, 2.05) is 42.7 Å². The summed E-state index contributed by atoms with van der Waals surface area (Å²) in [5, 5.41) is 13.0. The van der Waals surface area contributed by atoms with Crippen LogP contribution in [0.2, 0.25) is 0 Å². The Morgan fingerprint density at radius 2 is 2.00 bits per heavy atom. The molecule has 2 rings (SSSR count). The third-order valence-corrected chi connectivity index (χ3v) is 2.91. The SMILES string of the molecule is CCNC(Cc1cccc(O)c1)c1ccncc1. The summed E-state index contributed by atoms with van der Waals surface area (Å²) in [6.45, 7) is 3.00. The second-order valence-corrected chi connectivity index (χ2v) is 4.26. The molecule has 0 radical (unpaired) electrons. The molecule has 2 aromatic rings. The van der Waals surface area contributed by atoms with Gasteiger partial charge in [-0.15, -0.1) is 0 Å². The average molecular weight is 242 g/mol. The van der Waals surface area contributed by atoms with E-state index in [0.29, 0.717) is 5.75 Å². The minimum Gasteiger partial charge on any atom is -0.508 e. The van der Waals surface area contributed by atoms with E-state index in [1.165, 1.54) is 5.56 Å². The molecule has 3 nitrogen and oxygen atoms in total. The van der Waals surface area contributed by atoms with Gasteiger partial charge in [0.25, 0.3) is 0 Å². The number of phenolic OH excluding ortho intramolecular Hbond substituents is 1. The van der Waals surface area contributed by atoms with Crippen molar-refractivity contribution in [3.63, 3.8) is 0 Å². The molecule has 0 spiro atoms. The molecule has 3 heteroatoms. The van der Waals surface area contributed by atoms with Gasteiger partial charge in [-0.1, -0.05) is 19.1 Å². The third kappa shape index (κ3) is 3.31. The van der Waals surface area contributed by atoms with E-state index in [4.69, 9.17) is 0 Å². The summed E-state index contributed by atoms with van der Waals surface area (Å²) in [7, 11) is 0. The van der Waals surface area contributed by atoms with Crippen molar-refractivity contribution in [1.29, 1.82) is 0 Å². The lowest BCUT2D eigenvalue weighted by molar-refractivity contribution is 0.473. The fraction of sp³-hybridized carbons (Fsp3) is 0.267. The van der Waals surface area contributed by atoms with Gasteiger partial charge in [0.15, 0.2) is 0 Å². The quantitative estimate of drug-likeness (QED) is 0.847. The van der Waals surface area contributed by atoms with E-state index in [9.17, 15) is 5.11 Å². The van der Waals surface area contributed by atoms with Gasteiger partial charge in [0.1, 0.15) is 5.75 Å². The molecule has 0 aliphatic heterocycles. The zero-order chi connectivity index (χ0) is 12.8. The zero-order valence-corrected chi connectivity index (χ0v) is 10.5. The van der Waals surface area contributed by atoms with Crippen LogP contribution >= 0.6 is 0 Å². The van der Waals surface area contributed by atoms with E-state index < -0.39 is 0 Å². The molecule has 0 fully saturated rings. The Labute approximate surface area is 108 Å². The Kier molecular flexibility index (Phi) is 4.31. The topological polar surface area (TPSA) is 45.1 Å². The van der Waals surface area contributed by atoms with Crippen LogP contribution in [0.4, 0.5) is 0 Å². The Bertz CT molecular complexity index is 485. The minimum absolute atomic E-state index is 0.250. The van der Waals surface area contributed by atoms with Crippen LogP contribution in [0.25, 0.3) is 0 Å². The van der Waals surface area contributed by atoms with Crippen molar-refractivity contribution in [2.24, 2.45) is 0 Å². The third-order valence-electron chi connectivity index (χ3n) is 2.91. The molecular weight excluding hydrogens is 224 g/mol. The van der Waals surface area contributed by atoms with E-state index in [0.717, 1.165) is 18.5 Å². The largest absolute Gasteiger partial charge is 0.508 e. The van der Waals surface area contributed by atoms with Gasteiger partial charge in [0.05, 0.1) is 0 Å². The first-order valence-corrected chi connectivity index (χ1v) is 6.21. The zero-order valence-electron chi connectivity index (χ0n) is 10.5. The van der Waals surface area contributed by atoms with E-state index in [1.54, 1.807) is 6.07 Å². The number of pyridine rings is 1. The minimum atomic E-state index is 0.250. The molecule has 0 saturated carbocycles. The summed E-state index contributed by atoms with van der Waals surface area (Å²) in [5.74, 6) is 0.317. The van der Waals surface area contributed by atoms with Crippen molar-refractivity contribution < 1.29 is 5.11 Å². The van der Waals surface area contributed by atoms with Gasteiger partial charge in [-0.25, -0.2) is 0 Å². The molecule has 0 saturated heterocycles. The van der Waals surface area contributed by atoms with Gasteiger partial charge < -0.3 is 10.4 Å². The molecule has 1 atom stereocenters. The first-order valence-electron chi connectivity index (χ1n) is 6.21. The Hall–Kier alpha value is -1.87. The van der Waals surface area contributed by atoms with Crippen LogP contribution in [0.5, 0.6) is 5.75 Å². The number of aromatic hydroxyl groups is 1. The standard InChI is InChI=1S/C15H18N2O/c1-2-17-15(13-6-8-16-9-7-13)11-12-4-3-5-14(18)10-12/h3-10,15,17-18H,2,11H2,1H3. The Morgan fingerprint density at radius 1 is 1.22 bits per heavy atom. The molecule has 1 aromatic heterocycles. The van der Waals surface area contributed by atoms with Crippen LogP contribution in [0.15, 0.2) is 48.8 Å². The van der Waals surface area contributed by atoms with Crippen LogP contribution in [0, 0.1) is 0 Å². The molecule has 0 amide bonds. The van der Waals surface area contributed by atoms with Crippen LogP contribution in [0.3, 0.4) is 0 Å². The normalized spacial score (nSPS) is 12.3. The maximum absolute atomic E-state index is 9.50. The number of phenols is 1. The summed E-state index contributed by atoms with van der Waals surface area (Å²) in [4.78, 5) is 4.04. The van der Waals surface area contributed by atoms with Crippen molar-refractivity contribution >= 4 is 0 Å². The lowest BCUT2D eigenvalue weighted by atomic mass is 9.99. The van der Waals surface area contributed by atoms with Gasteiger partial charge in [0.2, 0.25) is 0 Å². The van der Waals surface area contributed by atoms with Crippen LogP contribution in [-0.4, -0.2) is 16.6 Å². The molecule has 18 heavy (non-hydrogen) atoms. The van der Waals surface area contributed by atoms with Crippen LogP contribution in [0.1, 0.15) is 24.1 Å². The number of hydrogen-bond acceptors (Lipinski definition) is 3. The predicted molar refractivity (Wildman–Crippen MR) is 72.5 cm³/mol. The van der Waals surface area contributed by atoms with Crippen molar-refractivity contribution in [3.8, 4) is 5.75 Å². The van der Waals surface area contributed by atoms with Crippen molar-refractivity contribution in [3.05, 3.63) is 59.9 Å². The van der Waals surface area contributed by atoms with Gasteiger partial charge in [-0.2, -0.15) is 0 Å². The Morgan fingerprint density at radius 3 is 2.67 bits per heavy atom. The highest BCUT2D eigenvalue weighted by molar-refractivity contribution is 5.29. The van der Waals surface area contributed by atoms with Crippen molar-refractivity contribution in [2.45, 2.75) is 19.4 Å². The molecule has 0 bridgehead atoms. The average Bonchev–Trinajstić information content (AvgIpc) is 2.39. The Balaban J connectivity index is 2.16.